The van der Waals surface area contributed by atoms with Crippen LogP contribution in [-0.2, 0) is 0 Å². The normalized spacial score (nSPS) is 12.1. The molecule has 0 aliphatic carbocycles. The SMILES string of the molecule is C[C@@H](Oc1cccc(Cl)c1)c1nc(-c2cccnn2)no1. The van der Waals surface area contributed by atoms with Crippen molar-refractivity contribution in [3.05, 3.63) is 53.5 Å². The third-order valence-electron chi connectivity index (χ3n) is 2.70. The Labute approximate surface area is 125 Å². The van der Waals surface area contributed by atoms with E-state index in [0.29, 0.717) is 28.2 Å². The van der Waals surface area contributed by atoms with Crippen molar-refractivity contribution >= 4 is 11.6 Å². The number of benzene rings is 1. The highest BCUT2D eigenvalue weighted by Crippen LogP contribution is 2.24. The van der Waals surface area contributed by atoms with E-state index in [9.17, 15) is 0 Å². The van der Waals surface area contributed by atoms with Crippen LogP contribution < -0.4 is 4.74 Å². The molecular formula is C14H11ClN4O2. The van der Waals surface area contributed by atoms with Crippen molar-refractivity contribution in [1.82, 2.24) is 20.3 Å². The number of hydrogen-bond donors (Lipinski definition) is 0. The van der Waals surface area contributed by atoms with Crippen LogP contribution in [0.3, 0.4) is 0 Å². The van der Waals surface area contributed by atoms with E-state index in [1.165, 1.54) is 0 Å². The van der Waals surface area contributed by atoms with Gasteiger partial charge >= 0.3 is 0 Å². The second-order valence-electron chi connectivity index (χ2n) is 4.28. The first-order chi connectivity index (χ1) is 10.2. The zero-order valence-corrected chi connectivity index (χ0v) is 11.9. The maximum Gasteiger partial charge on any atom is 0.267 e. The second kappa shape index (κ2) is 5.88. The van der Waals surface area contributed by atoms with Crippen LogP contribution in [0.25, 0.3) is 11.5 Å². The van der Waals surface area contributed by atoms with E-state index in [2.05, 4.69) is 20.3 Å². The van der Waals surface area contributed by atoms with Crippen molar-refractivity contribution < 1.29 is 9.26 Å². The summed E-state index contributed by atoms with van der Waals surface area (Å²) in [6, 6.07) is 10.6. The average Bonchev–Trinajstić information content (AvgIpc) is 2.98. The smallest absolute Gasteiger partial charge is 0.267 e. The lowest BCUT2D eigenvalue weighted by Crippen LogP contribution is -2.03. The highest BCUT2D eigenvalue weighted by molar-refractivity contribution is 6.30. The van der Waals surface area contributed by atoms with E-state index in [4.69, 9.17) is 20.9 Å². The predicted molar refractivity (Wildman–Crippen MR) is 75.8 cm³/mol. The first kappa shape index (κ1) is 13.5. The lowest BCUT2D eigenvalue weighted by molar-refractivity contribution is 0.176. The van der Waals surface area contributed by atoms with E-state index in [-0.39, 0.29) is 0 Å². The van der Waals surface area contributed by atoms with Crippen LogP contribution in [0.1, 0.15) is 18.9 Å². The van der Waals surface area contributed by atoms with E-state index in [1.807, 2.05) is 19.1 Å². The molecule has 0 saturated carbocycles. The summed E-state index contributed by atoms with van der Waals surface area (Å²) in [6.45, 7) is 1.81. The van der Waals surface area contributed by atoms with Crippen molar-refractivity contribution in [2.75, 3.05) is 0 Å². The fourth-order valence-corrected chi connectivity index (χ4v) is 1.90. The molecule has 0 unspecified atom stereocenters. The molecule has 3 rings (SSSR count). The van der Waals surface area contributed by atoms with Crippen molar-refractivity contribution in [3.63, 3.8) is 0 Å². The van der Waals surface area contributed by atoms with E-state index in [0.717, 1.165) is 0 Å². The molecule has 2 heterocycles. The van der Waals surface area contributed by atoms with Crippen molar-refractivity contribution in [2.24, 2.45) is 0 Å². The number of ether oxygens (including phenoxy) is 1. The molecule has 0 saturated heterocycles. The molecule has 0 N–H and O–H groups in total. The minimum atomic E-state index is -0.401. The Hall–Kier alpha value is -2.47. The lowest BCUT2D eigenvalue weighted by Gasteiger charge is -2.10. The van der Waals surface area contributed by atoms with Gasteiger partial charge in [-0.25, -0.2) is 0 Å². The molecule has 106 valence electrons. The Morgan fingerprint density at radius 2 is 2.14 bits per heavy atom. The zero-order chi connectivity index (χ0) is 14.7. The minimum absolute atomic E-state index is 0.357. The maximum atomic E-state index is 5.91. The van der Waals surface area contributed by atoms with E-state index >= 15 is 0 Å². The standard InChI is InChI=1S/C14H11ClN4O2/c1-9(20-11-5-2-4-10(15)8-11)14-17-13(19-21-14)12-6-3-7-16-18-12/h2-9H,1H3/t9-/m1/s1. The van der Waals surface area contributed by atoms with Gasteiger partial charge in [0.25, 0.3) is 5.89 Å². The largest absolute Gasteiger partial charge is 0.481 e. The number of halogens is 1. The van der Waals surface area contributed by atoms with E-state index < -0.39 is 6.10 Å². The fourth-order valence-electron chi connectivity index (χ4n) is 1.72. The summed E-state index contributed by atoms with van der Waals surface area (Å²) in [5.74, 6) is 1.37. The van der Waals surface area contributed by atoms with Gasteiger partial charge in [-0.05, 0) is 37.3 Å². The lowest BCUT2D eigenvalue weighted by atomic mass is 10.3. The first-order valence-corrected chi connectivity index (χ1v) is 6.64. The Bertz CT molecular complexity index is 733. The molecule has 21 heavy (non-hydrogen) atoms. The molecule has 6 nitrogen and oxygen atoms in total. The number of rotatable bonds is 4. The van der Waals surface area contributed by atoms with Crippen LogP contribution in [0.5, 0.6) is 5.75 Å². The average molecular weight is 303 g/mol. The predicted octanol–water partition coefficient (Wildman–Crippen LogP) is 3.32. The van der Waals surface area contributed by atoms with Gasteiger partial charge in [-0.1, -0.05) is 22.8 Å². The topological polar surface area (TPSA) is 73.9 Å². The van der Waals surface area contributed by atoms with Gasteiger partial charge < -0.3 is 9.26 Å². The summed E-state index contributed by atoms with van der Waals surface area (Å²) < 4.78 is 10.9. The molecule has 0 radical (unpaired) electrons. The Balaban J connectivity index is 1.77. The molecule has 1 atom stereocenters. The van der Waals surface area contributed by atoms with Crippen LogP contribution >= 0.6 is 11.6 Å². The van der Waals surface area contributed by atoms with Gasteiger partial charge in [-0.15, -0.1) is 5.10 Å². The summed E-state index contributed by atoms with van der Waals surface area (Å²) in [7, 11) is 0. The molecule has 0 bridgehead atoms. The van der Waals surface area contributed by atoms with Crippen molar-refractivity contribution in [2.45, 2.75) is 13.0 Å². The quantitative estimate of drug-likeness (QED) is 0.736. The first-order valence-electron chi connectivity index (χ1n) is 6.26. The molecule has 0 spiro atoms. The number of hydrogen-bond acceptors (Lipinski definition) is 6. The van der Waals surface area contributed by atoms with Gasteiger partial charge in [0.05, 0.1) is 0 Å². The summed E-state index contributed by atoms with van der Waals surface area (Å²) in [4.78, 5) is 4.26. The second-order valence-corrected chi connectivity index (χ2v) is 4.72. The molecule has 1 aromatic carbocycles. The van der Waals surface area contributed by atoms with Gasteiger partial charge in [0.1, 0.15) is 11.4 Å². The van der Waals surface area contributed by atoms with Gasteiger partial charge in [0.2, 0.25) is 5.82 Å². The third-order valence-corrected chi connectivity index (χ3v) is 2.93. The summed E-state index contributed by atoms with van der Waals surface area (Å²) >= 11 is 5.91. The molecule has 0 aliphatic rings. The Morgan fingerprint density at radius 1 is 1.24 bits per heavy atom. The van der Waals surface area contributed by atoms with Crippen molar-refractivity contribution in [1.29, 1.82) is 0 Å². The van der Waals surface area contributed by atoms with Crippen LogP contribution in [-0.4, -0.2) is 20.3 Å². The molecule has 0 fully saturated rings. The molecule has 7 heteroatoms. The molecule has 3 aromatic rings. The zero-order valence-electron chi connectivity index (χ0n) is 11.1. The minimum Gasteiger partial charge on any atom is -0.481 e. The maximum absolute atomic E-state index is 5.91. The van der Waals surface area contributed by atoms with Gasteiger partial charge in [0, 0.05) is 11.2 Å². The Kier molecular flexibility index (Phi) is 3.79. The Morgan fingerprint density at radius 3 is 2.90 bits per heavy atom. The van der Waals surface area contributed by atoms with Crippen molar-refractivity contribution in [3.8, 4) is 17.3 Å². The van der Waals surface area contributed by atoms with Crippen LogP contribution in [0.4, 0.5) is 0 Å². The fraction of sp³-hybridized carbons (Fsp3) is 0.143. The molecule has 0 amide bonds. The monoisotopic (exact) mass is 302 g/mol. The molecule has 2 aromatic heterocycles. The summed E-state index contributed by atoms with van der Waals surface area (Å²) in [6.07, 6.45) is 1.18. The molecule has 0 aliphatic heterocycles. The highest BCUT2D eigenvalue weighted by Gasteiger charge is 2.17. The van der Waals surface area contributed by atoms with Crippen LogP contribution in [0, 0.1) is 0 Å². The van der Waals surface area contributed by atoms with Gasteiger partial charge in [-0.2, -0.15) is 10.1 Å². The summed E-state index contributed by atoms with van der Waals surface area (Å²) in [5.41, 5.74) is 0.544. The van der Waals surface area contributed by atoms with Gasteiger partial charge in [-0.3, -0.25) is 0 Å². The van der Waals surface area contributed by atoms with Gasteiger partial charge in [0.15, 0.2) is 6.10 Å². The number of nitrogens with zero attached hydrogens (tertiary/aromatic N) is 4. The van der Waals surface area contributed by atoms with Crippen LogP contribution in [0.15, 0.2) is 47.1 Å². The number of aromatic nitrogens is 4. The van der Waals surface area contributed by atoms with E-state index in [1.54, 1.807) is 30.5 Å². The van der Waals surface area contributed by atoms with Crippen LogP contribution in [0.2, 0.25) is 5.02 Å². The highest BCUT2D eigenvalue weighted by atomic mass is 35.5. The summed E-state index contributed by atoms with van der Waals surface area (Å²) in [5, 5.41) is 12.2. The third kappa shape index (κ3) is 3.17. The molecular weight excluding hydrogens is 292 g/mol.